The fraction of sp³-hybridized carbons (Fsp3) is 0.556. The molecule has 0 aliphatic rings. The fourth-order valence-electron chi connectivity index (χ4n) is 1.55. The molecule has 1 heterocycles. The van der Waals surface area contributed by atoms with Gasteiger partial charge >= 0.3 is 5.69 Å². The zero-order chi connectivity index (χ0) is 13.9. The Morgan fingerprint density at radius 1 is 1.39 bits per heavy atom. The molecule has 18 heavy (non-hydrogen) atoms. The highest BCUT2D eigenvalue weighted by atomic mass is 32.2. The summed E-state index contributed by atoms with van der Waals surface area (Å²) in [6.45, 7) is 1.62. The van der Waals surface area contributed by atoms with E-state index in [1.54, 1.807) is 6.92 Å². The van der Waals surface area contributed by atoms with Crippen molar-refractivity contribution in [2.75, 3.05) is 5.75 Å². The largest absolute Gasteiger partial charge is 0.494 e. The van der Waals surface area contributed by atoms with Gasteiger partial charge in [0.15, 0.2) is 0 Å². The summed E-state index contributed by atoms with van der Waals surface area (Å²) in [5.74, 6) is -0.736. The van der Waals surface area contributed by atoms with Gasteiger partial charge in [0.2, 0.25) is 15.9 Å². The summed E-state index contributed by atoms with van der Waals surface area (Å²) >= 11 is 0. The molecule has 1 aromatic rings. The number of rotatable bonds is 5. The van der Waals surface area contributed by atoms with Gasteiger partial charge in [-0.15, -0.1) is 0 Å². The highest BCUT2D eigenvalue weighted by Crippen LogP contribution is 2.10. The predicted molar refractivity (Wildman–Crippen MR) is 65.0 cm³/mol. The highest BCUT2D eigenvalue weighted by Gasteiger charge is 2.12. The molecule has 0 aliphatic heterocycles. The highest BCUT2D eigenvalue weighted by molar-refractivity contribution is 7.89. The van der Waals surface area contributed by atoms with E-state index in [9.17, 15) is 23.1 Å². The van der Waals surface area contributed by atoms with Gasteiger partial charge < -0.3 is 5.11 Å². The van der Waals surface area contributed by atoms with Gasteiger partial charge in [0.25, 0.3) is 5.56 Å². The summed E-state index contributed by atoms with van der Waals surface area (Å²) < 4.78 is 22.4. The summed E-state index contributed by atoms with van der Waals surface area (Å²) in [6, 6.07) is 0. The molecule has 0 aromatic carbocycles. The zero-order valence-electron chi connectivity index (χ0n) is 9.84. The number of sulfonamides is 1. The first kappa shape index (κ1) is 14.5. The number of hydrogen-bond acceptors (Lipinski definition) is 5. The van der Waals surface area contributed by atoms with Crippen LogP contribution in [0, 0.1) is 0 Å². The molecule has 0 atom stereocenters. The average molecular weight is 277 g/mol. The normalized spacial score (nSPS) is 11.7. The third kappa shape index (κ3) is 3.44. The van der Waals surface area contributed by atoms with Crippen molar-refractivity contribution in [1.29, 1.82) is 0 Å². The maximum atomic E-state index is 11.5. The number of hydrogen-bond donors (Lipinski definition) is 3. The predicted octanol–water partition coefficient (Wildman–Crippen LogP) is -1.52. The Kier molecular flexibility index (Phi) is 4.30. The van der Waals surface area contributed by atoms with Crippen LogP contribution in [0.5, 0.6) is 5.88 Å². The lowest BCUT2D eigenvalue weighted by Crippen LogP contribution is -2.32. The van der Waals surface area contributed by atoms with E-state index in [4.69, 9.17) is 5.14 Å². The van der Waals surface area contributed by atoms with Crippen molar-refractivity contribution in [2.45, 2.75) is 26.3 Å². The molecule has 0 unspecified atom stereocenters. The van der Waals surface area contributed by atoms with Crippen LogP contribution in [-0.2, 0) is 23.0 Å². The van der Waals surface area contributed by atoms with E-state index in [1.165, 1.54) is 0 Å². The number of H-pyrrole nitrogens is 1. The number of primary sulfonamides is 1. The Labute approximate surface area is 103 Å². The van der Waals surface area contributed by atoms with Gasteiger partial charge in [-0.3, -0.25) is 14.3 Å². The fourth-order valence-corrected chi connectivity index (χ4v) is 2.08. The van der Waals surface area contributed by atoms with Crippen LogP contribution in [0.15, 0.2) is 9.59 Å². The molecule has 4 N–H and O–H groups in total. The van der Waals surface area contributed by atoms with Gasteiger partial charge in [-0.2, -0.15) is 0 Å². The van der Waals surface area contributed by atoms with Crippen molar-refractivity contribution in [3.63, 3.8) is 0 Å². The van der Waals surface area contributed by atoms with Gasteiger partial charge in [0.05, 0.1) is 11.3 Å². The van der Waals surface area contributed by atoms with Gasteiger partial charge in [-0.05, 0) is 12.8 Å². The second kappa shape index (κ2) is 5.36. The van der Waals surface area contributed by atoms with Gasteiger partial charge in [-0.1, -0.05) is 6.92 Å². The van der Waals surface area contributed by atoms with Crippen LogP contribution >= 0.6 is 0 Å². The molecule has 0 amide bonds. The summed E-state index contributed by atoms with van der Waals surface area (Å²) in [5, 5.41) is 14.6. The zero-order valence-corrected chi connectivity index (χ0v) is 10.7. The molecule has 9 heteroatoms. The first-order valence-corrected chi connectivity index (χ1v) is 7.03. The number of nitrogens with two attached hydrogens (primary N) is 1. The minimum atomic E-state index is -3.61. The number of aromatic nitrogens is 2. The Morgan fingerprint density at radius 2 is 2.00 bits per heavy atom. The van der Waals surface area contributed by atoms with Gasteiger partial charge in [0.1, 0.15) is 0 Å². The summed E-state index contributed by atoms with van der Waals surface area (Å²) in [7, 11) is -3.61. The minimum Gasteiger partial charge on any atom is -0.494 e. The third-order valence-electron chi connectivity index (χ3n) is 2.43. The summed E-state index contributed by atoms with van der Waals surface area (Å²) in [5.41, 5.74) is -1.32. The molecule has 0 radical (unpaired) electrons. The molecule has 8 nitrogen and oxygen atoms in total. The smallest absolute Gasteiger partial charge is 0.331 e. The quantitative estimate of drug-likeness (QED) is 0.600. The second-order valence-corrected chi connectivity index (χ2v) is 5.52. The minimum absolute atomic E-state index is 0.0368. The van der Waals surface area contributed by atoms with Crippen molar-refractivity contribution < 1.29 is 13.5 Å². The first-order valence-electron chi connectivity index (χ1n) is 5.31. The van der Waals surface area contributed by atoms with Crippen molar-refractivity contribution in [1.82, 2.24) is 9.55 Å². The first-order chi connectivity index (χ1) is 8.26. The van der Waals surface area contributed by atoms with Crippen molar-refractivity contribution in [3.05, 3.63) is 26.4 Å². The van der Waals surface area contributed by atoms with E-state index in [-0.39, 0.29) is 30.7 Å². The van der Waals surface area contributed by atoms with E-state index in [0.717, 1.165) is 4.57 Å². The van der Waals surface area contributed by atoms with Crippen molar-refractivity contribution in [3.8, 4) is 5.88 Å². The number of aromatic hydroxyl groups is 1. The van der Waals surface area contributed by atoms with Crippen molar-refractivity contribution >= 4 is 10.0 Å². The lowest BCUT2D eigenvalue weighted by atomic mass is 10.2. The van der Waals surface area contributed by atoms with E-state index < -0.39 is 27.2 Å². The molecule has 0 spiro atoms. The average Bonchev–Trinajstić information content (AvgIpc) is 2.21. The van der Waals surface area contributed by atoms with Gasteiger partial charge in [0, 0.05) is 6.54 Å². The van der Waals surface area contributed by atoms with Crippen LogP contribution in [0.3, 0.4) is 0 Å². The Morgan fingerprint density at radius 3 is 2.50 bits per heavy atom. The standard InChI is InChI=1S/C9H15N3O5S/c1-2-6-7(13)11-9(15)12(8(6)14)4-3-5-18(10,16)17/h14H,2-5H2,1H3,(H2,10,16,17)(H,11,13,15). The summed E-state index contributed by atoms with van der Waals surface area (Å²) in [6.07, 6.45) is 0.331. The van der Waals surface area contributed by atoms with E-state index >= 15 is 0 Å². The third-order valence-corrected chi connectivity index (χ3v) is 3.29. The molecule has 1 rings (SSSR count). The van der Waals surface area contributed by atoms with E-state index in [2.05, 4.69) is 4.98 Å². The van der Waals surface area contributed by atoms with E-state index in [0.29, 0.717) is 0 Å². The van der Waals surface area contributed by atoms with E-state index in [1.807, 2.05) is 0 Å². The topological polar surface area (TPSA) is 135 Å². The van der Waals surface area contributed by atoms with Crippen LogP contribution in [-0.4, -0.2) is 28.8 Å². The lowest BCUT2D eigenvalue weighted by molar-refractivity contribution is 0.392. The molecule has 0 bridgehead atoms. The molecular formula is C9H15N3O5S. The molecule has 1 aromatic heterocycles. The van der Waals surface area contributed by atoms with Crippen LogP contribution < -0.4 is 16.4 Å². The molecular weight excluding hydrogens is 262 g/mol. The maximum absolute atomic E-state index is 11.5. The Balaban J connectivity index is 3.03. The monoisotopic (exact) mass is 277 g/mol. The van der Waals surface area contributed by atoms with Gasteiger partial charge in [-0.25, -0.2) is 18.4 Å². The van der Waals surface area contributed by atoms with Crippen LogP contribution in [0.2, 0.25) is 0 Å². The number of nitrogens with zero attached hydrogens (tertiary/aromatic N) is 1. The van der Waals surface area contributed by atoms with Crippen LogP contribution in [0.1, 0.15) is 18.9 Å². The van der Waals surface area contributed by atoms with Crippen molar-refractivity contribution in [2.24, 2.45) is 5.14 Å². The number of aromatic amines is 1. The SMILES string of the molecule is CCc1c(O)n(CCCS(N)(=O)=O)c(=O)[nH]c1=O. The second-order valence-electron chi connectivity index (χ2n) is 3.79. The Hall–Kier alpha value is -1.61. The molecule has 0 aliphatic carbocycles. The van der Waals surface area contributed by atoms with Crippen LogP contribution in [0.25, 0.3) is 0 Å². The van der Waals surface area contributed by atoms with Crippen LogP contribution in [0.4, 0.5) is 0 Å². The Bertz CT molecular complexity index is 643. The molecule has 0 saturated heterocycles. The maximum Gasteiger partial charge on any atom is 0.331 e. The molecule has 0 saturated carbocycles. The number of nitrogens with one attached hydrogen (secondary N) is 1. The molecule has 0 fully saturated rings. The molecule has 102 valence electrons. The summed E-state index contributed by atoms with van der Waals surface area (Å²) in [4.78, 5) is 24.8. The lowest BCUT2D eigenvalue weighted by Gasteiger charge is -2.09.